The van der Waals surface area contributed by atoms with Gasteiger partial charge in [0.1, 0.15) is 0 Å². The van der Waals surface area contributed by atoms with Crippen LogP contribution in [0.3, 0.4) is 0 Å². The molecule has 98 valence electrons. The molecule has 0 saturated heterocycles. The quantitative estimate of drug-likeness (QED) is 0.462. The van der Waals surface area contributed by atoms with Crippen LogP contribution in [0.25, 0.3) is 0 Å². The number of ether oxygens (including phenoxy) is 1. The molecule has 0 radical (unpaired) electrons. The number of halogens is 2. The van der Waals surface area contributed by atoms with Gasteiger partial charge in [0.2, 0.25) is 0 Å². The first-order valence-corrected chi connectivity index (χ1v) is 6.60. The molecule has 0 N–H and O–H groups in total. The summed E-state index contributed by atoms with van der Waals surface area (Å²) in [5.41, 5.74) is 0.707. The predicted octanol–water partition coefficient (Wildman–Crippen LogP) is 4.10. The lowest BCUT2D eigenvalue weighted by atomic mass is 10.1. The summed E-state index contributed by atoms with van der Waals surface area (Å²) in [6.45, 7) is 0. The number of benzene rings is 2. The summed E-state index contributed by atoms with van der Waals surface area (Å²) in [6.07, 6.45) is 0. The van der Waals surface area contributed by atoms with E-state index in [1.54, 1.807) is 36.4 Å². The lowest BCUT2D eigenvalue weighted by Crippen LogP contribution is -2.11. The third kappa shape index (κ3) is 3.04. The van der Waals surface area contributed by atoms with Crippen molar-refractivity contribution in [2.45, 2.75) is 0 Å². The molecule has 2 aromatic carbocycles. The molecule has 2 rings (SSSR count). The van der Waals surface area contributed by atoms with Gasteiger partial charge in [-0.15, -0.1) is 0 Å². The number of hydrogen-bond acceptors (Lipinski definition) is 3. The maximum Gasteiger partial charge on any atom is 0.340 e. The average Bonchev–Trinajstić information content (AvgIpc) is 2.46. The van der Waals surface area contributed by atoms with Crippen LogP contribution < -0.4 is 5.12 Å². The van der Waals surface area contributed by atoms with Crippen LogP contribution in [0.1, 0.15) is 10.4 Å². The number of hydrogen-bond donors (Lipinski definition) is 0. The van der Waals surface area contributed by atoms with Gasteiger partial charge in [0, 0.05) is 3.57 Å². The first-order chi connectivity index (χ1) is 9.13. The third-order valence-electron chi connectivity index (χ3n) is 2.57. The Labute approximate surface area is 124 Å². The summed E-state index contributed by atoms with van der Waals surface area (Å²) >= 11 is 2.14. The van der Waals surface area contributed by atoms with Gasteiger partial charge in [-0.1, -0.05) is 16.6 Å². The Balaban J connectivity index is 2.41. The largest absolute Gasteiger partial charge is 0.465 e. The van der Waals surface area contributed by atoms with Crippen LogP contribution in [0.4, 0.5) is 15.9 Å². The summed E-state index contributed by atoms with van der Waals surface area (Å²) in [5.74, 6) is -0.566. The first kappa shape index (κ1) is 13.8. The van der Waals surface area contributed by atoms with Crippen molar-refractivity contribution in [1.29, 1.82) is 0 Å². The first-order valence-electron chi connectivity index (χ1n) is 5.52. The molecule has 2 aromatic rings. The minimum atomic E-state index is -0.566. The van der Waals surface area contributed by atoms with Crippen molar-refractivity contribution in [1.82, 2.24) is 0 Å². The Kier molecular flexibility index (Phi) is 4.36. The zero-order valence-electron chi connectivity index (χ0n) is 10.1. The Morgan fingerprint density at radius 1 is 1.16 bits per heavy atom. The maximum atomic E-state index is 14.4. The van der Waals surface area contributed by atoms with Gasteiger partial charge in [-0.2, -0.15) is 5.12 Å². The fraction of sp³-hybridized carbons (Fsp3) is 0.0714. The highest BCUT2D eigenvalue weighted by Gasteiger charge is 2.17. The minimum Gasteiger partial charge on any atom is -0.465 e. The van der Waals surface area contributed by atoms with Crippen LogP contribution >= 0.6 is 22.6 Å². The fourth-order valence-electron chi connectivity index (χ4n) is 1.64. The number of para-hydroxylation sites is 1. The van der Waals surface area contributed by atoms with E-state index in [-0.39, 0.29) is 11.3 Å². The molecule has 3 nitrogen and oxygen atoms in total. The van der Waals surface area contributed by atoms with Gasteiger partial charge in [0.05, 0.1) is 24.0 Å². The van der Waals surface area contributed by atoms with Gasteiger partial charge >= 0.3 is 5.97 Å². The maximum absolute atomic E-state index is 14.4. The van der Waals surface area contributed by atoms with Crippen molar-refractivity contribution in [2.24, 2.45) is 0 Å². The highest BCUT2D eigenvalue weighted by Crippen LogP contribution is 2.29. The van der Waals surface area contributed by atoms with Crippen molar-refractivity contribution < 1.29 is 14.0 Å². The van der Waals surface area contributed by atoms with E-state index >= 15 is 0 Å². The smallest absolute Gasteiger partial charge is 0.340 e. The molecule has 0 unspecified atom stereocenters. The van der Waals surface area contributed by atoms with E-state index in [4.69, 9.17) is 0 Å². The zero-order chi connectivity index (χ0) is 13.8. The molecule has 0 heterocycles. The lowest BCUT2D eigenvalue weighted by Gasteiger charge is -2.16. The molecule has 0 fully saturated rings. The molecule has 0 aliphatic rings. The van der Waals surface area contributed by atoms with E-state index in [9.17, 15) is 9.28 Å². The van der Waals surface area contributed by atoms with Crippen molar-refractivity contribution >= 4 is 39.9 Å². The number of methoxy groups -OCH3 is 1. The Morgan fingerprint density at radius 2 is 1.79 bits per heavy atom. The second kappa shape index (κ2) is 6.01. The molecule has 0 aromatic heterocycles. The summed E-state index contributed by atoms with van der Waals surface area (Å²) in [4.78, 5) is 11.6. The van der Waals surface area contributed by atoms with Crippen molar-refractivity contribution in [3.63, 3.8) is 0 Å². The van der Waals surface area contributed by atoms with E-state index in [1.165, 1.54) is 19.2 Å². The minimum absolute atomic E-state index is 0.163. The summed E-state index contributed by atoms with van der Waals surface area (Å²) in [6, 6.07) is 13.3. The lowest BCUT2D eigenvalue weighted by molar-refractivity contribution is 0.0601. The van der Waals surface area contributed by atoms with E-state index in [1.807, 2.05) is 0 Å². The topological polar surface area (TPSA) is 29.5 Å². The van der Waals surface area contributed by atoms with Gasteiger partial charge in [-0.3, -0.25) is 0 Å². The van der Waals surface area contributed by atoms with Crippen LogP contribution in [0.2, 0.25) is 0 Å². The zero-order valence-corrected chi connectivity index (χ0v) is 12.3. The Hall–Kier alpha value is -1.63. The highest BCUT2D eigenvalue weighted by molar-refractivity contribution is 14.1. The molecule has 0 atom stereocenters. The van der Waals surface area contributed by atoms with Gasteiger partial charge in [0.25, 0.3) is 0 Å². The number of anilines is 2. The van der Waals surface area contributed by atoms with Crippen molar-refractivity contribution in [2.75, 3.05) is 12.2 Å². The molecule has 0 aliphatic carbocycles. The third-order valence-corrected chi connectivity index (χ3v) is 3.29. The van der Waals surface area contributed by atoms with Gasteiger partial charge in [-0.05, 0) is 59.0 Å². The molecular weight excluding hydrogens is 360 g/mol. The molecule has 0 amide bonds. The summed E-state index contributed by atoms with van der Waals surface area (Å²) in [7, 11) is 1.27. The van der Waals surface area contributed by atoms with E-state index in [0.717, 1.165) is 3.57 Å². The second-order valence-corrected chi connectivity index (χ2v) is 5.01. The normalized spacial score (nSPS) is 10.1. The fourth-order valence-corrected chi connectivity index (χ4v) is 2.00. The average molecular weight is 371 g/mol. The van der Waals surface area contributed by atoms with Crippen LogP contribution in [0, 0.1) is 3.57 Å². The highest BCUT2D eigenvalue weighted by atomic mass is 127. The monoisotopic (exact) mass is 371 g/mol. The standard InChI is InChI=1S/C14H11FINO2/c1-19-14(18)12-4-2-3-5-13(12)17(15)11-8-6-10(16)7-9-11/h2-9H,1H3. The predicted molar refractivity (Wildman–Crippen MR) is 80.2 cm³/mol. The molecule has 5 heteroatoms. The number of nitrogens with zero attached hydrogens (tertiary/aromatic N) is 1. The van der Waals surface area contributed by atoms with E-state index < -0.39 is 5.97 Å². The van der Waals surface area contributed by atoms with Gasteiger partial charge in [-0.25, -0.2) is 4.79 Å². The van der Waals surface area contributed by atoms with E-state index in [0.29, 0.717) is 10.8 Å². The summed E-state index contributed by atoms with van der Waals surface area (Å²) < 4.78 is 20.0. The molecule has 0 saturated carbocycles. The Morgan fingerprint density at radius 3 is 2.42 bits per heavy atom. The summed E-state index contributed by atoms with van der Waals surface area (Å²) in [5, 5.41) is 0.475. The molecule has 0 spiro atoms. The van der Waals surface area contributed by atoms with Crippen molar-refractivity contribution in [3.8, 4) is 0 Å². The van der Waals surface area contributed by atoms with Crippen LogP contribution in [0.5, 0.6) is 0 Å². The number of rotatable bonds is 3. The molecule has 0 bridgehead atoms. The number of carbonyl (C=O) groups is 1. The van der Waals surface area contributed by atoms with Gasteiger partial charge in [0.15, 0.2) is 0 Å². The molecular formula is C14H11FINO2. The number of carbonyl (C=O) groups excluding carboxylic acids is 1. The molecule has 19 heavy (non-hydrogen) atoms. The van der Waals surface area contributed by atoms with Crippen LogP contribution in [-0.4, -0.2) is 13.1 Å². The second-order valence-electron chi connectivity index (χ2n) is 3.77. The van der Waals surface area contributed by atoms with Gasteiger partial charge < -0.3 is 4.74 Å². The SMILES string of the molecule is COC(=O)c1ccccc1N(F)c1ccc(I)cc1. The number of esters is 1. The van der Waals surface area contributed by atoms with E-state index in [2.05, 4.69) is 27.3 Å². The van der Waals surface area contributed by atoms with Crippen LogP contribution in [0.15, 0.2) is 48.5 Å². The Bertz CT molecular complexity index is 586. The molecule has 0 aliphatic heterocycles. The van der Waals surface area contributed by atoms with Crippen molar-refractivity contribution in [3.05, 3.63) is 57.7 Å². The van der Waals surface area contributed by atoms with Crippen LogP contribution in [-0.2, 0) is 4.74 Å².